The van der Waals surface area contributed by atoms with Crippen LogP contribution in [0.25, 0.3) is 0 Å². The van der Waals surface area contributed by atoms with E-state index in [1.807, 2.05) is 44.2 Å². The molecular weight excluding hydrogens is 374 g/mol. The van der Waals surface area contributed by atoms with E-state index in [-0.39, 0.29) is 12.3 Å². The molecule has 3 aromatic rings. The minimum absolute atomic E-state index is 0.106. The van der Waals surface area contributed by atoms with Crippen LogP contribution >= 0.6 is 11.6 Å². The number of nitrogens with zero attached hydrogens (tertiary/aromatic N) is 1. The molecule has 0 unspecified atom stereocenters. The first-order chi connectivity index (χ1) is 13.4. The predicted molar refractivity (Wildman–Crippen MR) is 114 cm³/mol. The van der Waals surface area contributed by atoms with Crippen LogP contribution in [-0.4, -0.2) is 18.0 Å². The van der Waals surface area contributed by atoms with E-state index in [9.17, 15) is 4.79 Å². The molecule has 3 rings (SSSR count). The van der Waals surface area contributed by atoms with Crippen LogP contribution in [0.3, 0.4) is 0 Å². The number of nitrogens with one attached hydrogen (secondary N) is 2. The van der Waals surface area contributed by atoms with Gasteiger partial charge >= 0.3 is 0 Å². The molecule has 1 aromatic heterocycles. The molecule has 144 valence electrons. The average Bonchev–Trinajstić information content (AvgIpc) is 2.66. The summed E-state index contributed by atoms with van der Waals surface area (Å²) in [5.41, 5.74) is 4.53. The molecule has 0 radical (unpaired) electrons. The third-order valence-corrected chi connectivity index (χ3v) is 4.55. The lowest BCUT2D eigenvalue weighted by atomic mass is 10.1. The van der Waals surface area contributed by atoms with Gasteiger partial charge in [0.25, 0.3) is 0 Å². The van der Waals surface area contributed by atoms with Crippen molar-refractivity contribution in [2.75, 3.05) is 17.7 Å². The maximum atomic E-state index is 12.2. The fourth-order valence-corrected chi connectivity index (χ4v) is 3.25. The first kappa shape index (κ1) is 19.7. The smallest absolute Gasteiger partial charge is 0.228 e. The van der Waals surface area contributed by atoms with E-state index in [4.69, 9.17) is 16.3 Å². The number of aromatic nitrogens is 1. The van der Waals surface area contributed by atoms with Gasteiger partial charge < -0.3 is 15.4 Å². The number of hydrogen-bond acceptors (Lipinski definition) is 4. The van der Waals surface area contributed by atoms with E-state index in [0.29, 0.717) is 16.5 Å². The minimum Gasteiger partial charge on any atom is -0.497 e. The zero-order valence-electron chi connectivity index (χ0n) is 16.0. The van der Waals surface area contributed by atoms with Gasteiger partial charge in [0.1, 0.15) is 11.6 Å². The second-order valence-corrected chi connectivity index (χ2v) is 6.98. The first-order valence-corrected chi connectivity index (χ1v) is 9.25. The maximum Gasteiger partial charge on any atom is 0.228 e. The van der Waals surface area contributed by atoms with Crippen molar-refractivity contribution in [3.05, 3.63) is 76.4 Å². The van der Waals surface area contributed by atoms with E-state index in [1.54, 1.807) is 25.4 Å². The van der Waals surface area contributed by atoms with Crippen LogP contribution in [0.2, 0.25) is 5.02 Å². The van der Waals surface area contributed by atoms with Gasteiger partial charge in [-0.3, -0.25) is 4.79 Å². The van der Waals surface area contributed by atoms with Crippen LogP contribution in [0.1, 0.15) is 16.7 Å². The van der Waals surface area contributed by atoms with Crippen molar-refractivity contribution in [3.63, 3.8) is 0 Å². The lowest BCUT2D eigenvalue weighted by Crippen LogP contribution is -2.14. The molecule has 0 atom stereocenters. The third-order valence-electron chi connectivity index (χ3n) is 4.26. The number of pyridine rings is 1. The lowest BCUT2D eigenvalue weighted by Gasteiger charge is -2.12. The molecule has 0 aliphatic carbocycles. The van der Waals surface area contributed by atoms with Crippen molar-refractivity contribution in [2.45, 2.75) is 20.3 Å². The average molecular weight is 396 g/mol. The van der Waals surface area contributed by atoms with Gasteiger partial charge in [0.2, 0.25) is 5.91 Å². The molecule has 6 heteroatoms. The fourth-order valence-electron chi connectivity index (χ4n) is 2.88. The molecule has 2 aromatic carbocycles. The monoisotopic (exact) mass is 395 g/mol. The van der Waals surface area contributed by atoms with E-state index < -0.39 is 0 Å². The Balaban J connectivity index is 1.61. The Morgan fingerprint density at radius 3 is 2.46 bits per heavy atom. The number of ether oxygens (including phenoxy) is 1. The van der Waals surface area contributed by atoms with Crippen LogP contribution < -0.4 is 15.4 Å². The zero-order chi connectivity index (χ0) is 20.1. The molecule has 0 saturated heterocycles. The Morgan fingerprint density at radius 1 is 1.11 bits per heavy atom. The summed E-state index contributed by atoms with van der Waals surface area (Å²) in [7, 11) is 1.61. The number of anilines is 3. The van der Waals surface area contributed by atoms with Crippen LogP contribution in [0.4, 0.5) is 17.2 Å². The Hall–Kier alpha value is -3.05. The fraction of sp³-hybridized carbons (Fsp3) is 0.182. The molecule has 5 nitrogen and oxygen atoms in total. The summed E-state index contributed by atoms with van der Waals surface area (Å²) in [6.45, 7) is 4.00. The SMILES string of the molecule is COc1ccc(CC(=O)Nc2ccc(Nc3c(C)cc(C)cc3Cl)nc2)cc1. The number of halogens is 1. The van der Waals surface area contributed by atoms with Crippen molar-refractivity contribution < 1.29 is 9.53 Å². The number of methoxy groups -OCH3 is 1. The summed E-state index contributed by atoms with van der Waals surface area (Å²) in [4.78, 5) is 16.6. The quantitative estimate of drug-likeness (QED) is 0.595. The van der Waals surface area contributed by atoms with Crippen molar-refractivity contribution in [2.24, 2.45) is 0 Å². The van der Waals surface area contributed by atoms with E-state index in [2.05, 4.69) is 21.7 Å². The van der Waals surface area contributed by atoms with Gasteiger partial charge in [0.15, 0.2) is 0 Å². The highest BCUT2D eigenvalue weighted by Gasteiger charge is 2.08. The number of carbonyl (C=O) groups is 1. The summed E-state index contributed by atoms with van der Waals surface area (Å²) in [6.07, 6.45) is 1.90. The number of aryl methyl sites for hydroxylation is 2. The van der Waals surface area contributed by atoms with E-state index in [1.165, 1.54) is 0 Å². The number of rotatable bonds is 6. The van der Waals surface area contributed by atoms with Gasteiger partial charge in [-0.1, -0.05) is 29.8 Å². The number of amides is 1. The van der Waals surface area contributed by atoms with E-state index >= 15 is 0 Å². The highest BCUT2D eigenvalue weighted by atomic mass is 35.5. The molecule has 0 fully saturated rings. The van der Waals surface area contributed by atoms with Crippen LogP contribution in [-0.2, 0) is 11.2 Å². The van der Waals surface area contributed by atoms with Crippen LogP contribution in [0, 0.1) is 13.8 Å². The largest absolute Gasteiger partial charge is 0.497 e. The first-order valence-electron chi connectivity index (χ1n) is 8.87. The molecule has 1 amide bonds. The molecule has 28 heavy (non-hydrogen) atoms. The van der Waals surface area contributed by atoms with Crippen molar-refractivity contribution in [1.29, 1.82) is 0 Å². The molecule has 1 heterocycles. The second kappa shape index (κ2) is 8.76. The van der Waals surface area contributed by atoms with Crippen molar-refractivity contribution in [1.82, 2.24) is 4.98 Å². The summed E-state index contributed by atoms with van der Waals surface area (Å²) in [5, 5.41) is 6.73. The molecule has 0 saturated carbocycles. The summed E-state index contributed by atoms with van der Waals surface area (Å²) in [5.74, 6) is 1.31. The number of benzene rings is 2. The van der Waals surface area contributed by atoms with Crippen LogP contribution in [0.5, 0.6) is 5.75 Å². The Labute approximate surface area is 169 Å². The highest BCUT2D eigenvalue weighted by Crippen LogP contribution is 2.29. The normalized spacial score (nSPS) is 10.4. The summed E-state index contributed by atoms with van der Waals surface area (Å²) >= 11 is 6.33. The van der Waals surface area contributed by atoms with Gasteiger partial charge in [-0.2, -0.15) is 0 Å². The van der Waals surface area contributed by atoms with E-state index in [0.717, 1.165) is 28.1 Å². The standard InChI is InChI=1S/C22H22ClN3O2/c1-14-10-15(2)22(19(23)11-14)26-20-9-6-17(13-24-20)25-21(27)12-16-4-7-18(28-3)8-5-16/h4-11,13H,12H2,1-3H3,(H,24,26)(H,25,27). The molecule has 0 aliphatic heterocycles. The summed E-state index contributed by atoms with van der Waals surface area (Å²) in [6, 6.07) is 15.0. The van der Waals surface area contributed by atoms with Crippen molar-refractivity contribution in [3.8, 4) is 5.75 Å². The van der Waals surface area contributed by atoms with Gasteiger partial charge in [0, 0.05) is 0 Å². The van der Waals surface area contributed by atoms with Gasteiger partial charge in [-0.25, -0.2) is 4.98 Å². The predicted octanol–water partition coefficient (Wildman–Crippen LogP) is 5.29. The molecule has 0 aliphatic rings. The van der Waals surface area contributed by atoms with Gasteiger partial charge in [-0.05, 0) is 60.9 Å². The minimum atomic E-state index is -0.106. The molecule has 2 N–H and O–H groups in total. The maximum absolute atomic E-state index is 12.2. The highest BCUT2D eigenvalue weighted by molar-refractivity contribution is 6.33. The number of hydrogen-bond donors (Lipinski definition) is 2. The molecular formula is C22H22ClN3O2. The van der Waals surface area contributed by atoms with Crippen molar-refractivity contribution >= 4 is 34.7 Å². The second-order valence-electron chi connectivity index (χ2n) is 6.57. The molecule has 0 bridgehead atoms. The topological polar surface area (TPSA) is 63.2 Å². The number of carbonyl (C=O) groups excluding carboxylic acids is 1. The molecule has 0 spiro atoms. The zero-order valence-corrected chi connectivity index (χ0v) is 16.8. The Bertz CT molecular complexity index is 947. The summed E-state index contributed by atoms with van der Waals surface area (Å²) < 4.78 is 5.12. The Kier molecular flexibility index (Phi) is 6.16. The third kappa shape index (κ3) is 5.02. The Morgan fingerprint density at radius 2 is 1.86 bits per heavy atom. The van der Waals surface area contributed by atoms with Gasteiger partial charge in [-0.15, -0.1) is 0 Å². The van der Waals surface area contributed by atoms with Gasteiger partial charge in [0.05, 0.1) is 36.1 Å². The lowest BCUT2D eigenvalue weighted by molar-refractivity contribution is -0.115. The van der Waals surface area contributed by atoms with Crippen LogP contribution in [0.15, 0.2) is 54.7 Å².